The lowest BCUT2D eigenvalue weighted by Crippen LogP contribution is -2.50. The molecule has 0 bridgehead atoms. The van der Waals surface area contributed by atoms with Crippen LogP contribution in [-0.4, -0.2) is 43.7 Å². The first-order valence-electron chi connectivity index (χ1n) is 5.60. The molecule has 0 saturated heterocycles. The summed E-state index contributed by atoms with van der Waals surface area (Å²) >= 11 is 0.863. The summed E-state index contributed by atoms with van der Waals surface area (Å²) in [5.41, 5.74) is -0.837. The number of hydrogen-bond acceptors (Lipinski definition) is 5. The molecule has 1 rings (SSSR count). The molecule has 3 N–H and O–H groups in total. The van der Waals surface area contributed by atoms with Gasteiger partial charge in [-0.15, -0.1) is 11.3 Å². The van der Waals surface area contributed by atoms with E-state index in [1.165, 1.54) is 12.1 Å². The predicted octanol–water partition coefficient (Wildman–Crippen LogP) is 0.504. The average molecular weight is 320 g/mol. The molecular formula is C11H16N2O5S2. The van der Waals surface area contributed by atoms with Gasteiger partial charge in [0.05, 0.1) is 11.1 Å². The lowest BCUT2D eigenvalue weighted by atomic mass is 10.1. The number of carbonyl (C=O) groups is 2. The van der Waals surface area contributed by atoms with Crippen LogP contribution in [0.15, 0.2) is 12.1 Å². The molecule has 0 unspecified atom stereocenters. The fourth-order valence-corrected chi connectivity index (χ4v) is 3.34. The smallest absolute Gasteiger partial charge is 0.345 e. The van der Waals surface area contributed by atoms with Crippen LogP contribution in [0, 0.1) is 0 Å². The number of amides is 1. The van der Waals surface area contributed by atoms with Crippen LogP contribution >= 0.6 is 11.3 Å². The van der Waals surface area contributed by atoms with Gasteiger partial charge in [-0.3, -0.25) is 4.79 Å². The van der Waals surface area contributed by atoms with Gasteiger partial charge in [0.2, 0.25) is 10.0 Å². The Morgan fingerprint density at radius 3 is 2.30 bits per heavy atom. The third kappa shape index (κ3) is 5.27. The molecule has 20 heavy (non-hydrogen) atoms. The second kappa shape index (κ2) is 5.90. The molecule has 1 aromatic rings. The Hall–Kier alpha value is -1.45. The number of carboxylic acids is 1. The zero-order chi connectivity index (χ0) is 15.6. The molecular weight excluding hydrogens is 304 g/mol. The third-order valence-corrected chi connectivity index (χ3v) is 4.19. The van der Waals surface area contributed by atoms with Gasteiger partial charge in [0, 0.05) is 12.1 Å². The van der Waals surface area contributed by atoms with Crippen LogP contribution < -0.4 is 10.0 Å². The van der Waals surface area contributed by atoms with Gasteiger partial charge in [-0.05, 0) is 26.0 Å². The zero-order valence-corrected chi connectivity index (χ0v) is 12.9. The largest absolute Gasteiger partial charge is 0.477 e. The van der Waals surface area contributed by atoms with E-state index < -0.39 is 27.4 Å². The molecule has 1 amide bonds. The summed E-state index contributed by atoms with van der Waals surface area (Å²) in [6.45, 7) is 3.34. The Balaban J connectivity index is 2.64. The number of thiophene rings is 1. The SMILES string of the molecule is CC(C)(CNC(=O)c1ccc(C(=O)O)s1)NS(C)(=O)=O. The number of nitrogens with one attached hydrogen (secondary N) is 2. The molecule has 0 fully saturated rings. The third-order valence-electron chi connectivity index (χ3n) is 2.19. The highest BCUT2D eigenvalue weighted by Crippen LogP contribution is 2.16. The normalized spacial score (nSPS) is 12.2. The van der Waals surface area contributed by atoms with E-state index in [9.17, 15) is 18.0 Å². The van der Waals surface area contributed by atoms with E-state index in [4.69, 9.17) is 5.11 Å². The Bertz CT molecular complexity index is 619. The van der Waals surface area contributed by atoms with E-state index in [-0.39, 0.29) is 16.3 Å². The number of carbonyl (C=O) groups excluding carboxylic acids is 1. The van der Waals surface area contributed by atoms with Crippen molar-refractivity contribution < 1.29 is 23.1 Å². The first kappa shape index (κ1) is 16.6. The van der Waals surface area contributed by atoms with E-state index in [0.717, 1.165) is 17.6 Å². The topological polar surface area (TPSA) is 113 Å². The number of hydrogen-bond donors (Lipinski definition) is 3. The number of sulfonamides is 1. The zero-order valence-electron chi connectivity index (χ0n) is 11.3. The maximum Gasteiger partial charge on any atom is 0.345 e. The summed E-state index contributed by atoms with van der Waals surface area (Å²) < 4.78 is 24.7. The molecule has 0 spiro atoms. The number of carboxylic acid groups (broad SMARTS) is 1. The van der Waals surface area contributed by atoms with Gasteiger partial charge >= 0.3 is 5.97 Å². The molecule has 1 aromatic heterocycles. The van der Waals surface area contributed by atoms with Crippen LogP contribution in [0.3, 0.4) is 0 Å². The average Bonchev–Trinajstić information content (AvgIpc) is 2.71. The van der Waals surface area contributed by atoms with Crippen molar-refractivity contribution in [2.75, 3.05) is 12.8 Å². The molecule has 0 aliphatic heterocycles. The van der Waals surface area contributed by atoms with Crippen molar-refractivity contribution in [1.82, 2.24) is 10.0 Å². The fourth-order valence-electron chi connectivity index (χ4n) is 1.50. The van der Waals surface area contributed by atoms with Crippen molar-refractivity contribution in [3.8, 4) is 0 Å². The number of rotatable bonds is 6. The van der Waals surface area contributed by atoms with E-state index in [0.29, 0.717) is 0 Å². The minimum Gasteiger partial charge on any atom is -0.477 e. The lowest BCUT2D eigenvalue weighted by molar-refractivity contribution is 0.0702. The molecule has 0 radical (unpaired) electrons. The monoisotopic (exact) mass is 320 g/mol. The molecule has 0 aromatic carbocycles. The minimum atomic E-state index is -3.38. The van der Waals surface area contributed by atoms with Crippen LogP contribution in [0.4, 0.5) is 0 Å². The van der Waals surface area contributed by atoms with Crippen molar-refractivity contribution in [3.63, 3.8) is 0 Å². The van der Waals surface area contributed by atoms with Crippen molar-refractivity contribution in [3.05, 3.63) is 21.9 Å². The van der Waals surface area contributed by atoms with Crippen molar-refractivity contribution in [1.29, 1.82) is 0 Å². The van der Waals surface area contributed by atoms with E-state index in [1.807, 2.05) is 0 Å². The van der Waals surface area contributed by atoms with E-state index in [1.54, 1.807) is 13.8 Å². The van der Waals surface area contributed by atoms with Gasteiger partial charge in [-0.1, -0.05) is 0 Å². The van der Waals surface area contributed by atoms with Crippen molar-refractivity contribution >= 4 is 33.2 Å². The molecule has 9 heteroatoms. The van der Waals surface area contributed by atoms with Crippen LogP contribution in [0.25, 0.3) is 0 Å². The summed E-state index contributed by atoms with van der Waals surface area (Å²) in [5, 5.41) is 11.3. The first-order valence-corrected chi connectivity index (χ1v) is 8.31. The Labute approximate surface area is 121 Å². The fraction of sp³-hybridized carbons (Fsp3) is 0.455. The van der Waals surface area contributed by atoms with Gasteiger partial charge in [0.1, 0.15) is 4.88 Å². The quantitative estimate of drug-likeness (QED) is 0.706. The maximum atomic E-state index is 11.8. The highest BCUT2D eigenvalue weighted by Gasteiger charge is 2.23. The van der Waals surface area contributed by atoms with E-state index in [2.05, 4.69) is 10.0 Å². The highest BCUT2D eigenvalue weighted by atomic mass is 32.2. The lowest BCUT2D eigenvalue weighted by Gasteiger charge is -2.25. The van der Waals surface area contributed by atoms with Gasteiger partial charge in [0.25, 0.3) is 5.91 Å². The Morgan fingerprint density at radius 1 is 1.30 bits per heavy atom. The predicted molar refractivity (Wildman–Crippen MR) is 75.7 cm³/mol. The van der Waals surface area contributed by atoms with Crippen LogP contribution in [0.2, 0.25) is 0 Å². The molecule has 0 aliphatic carbocycles. The summed E-state index contributed by atoms with van der Waals surface area (Å²) in [5.74, 6) is -1.53. The van der Waals surface area contributed by atoms with Crippen LogP contribution in [0.5, 0.6) is 0 Å². The van der Waals surface area contributed by atoms with Crippen LogP contribution in [0.1, 0.15) is 33.2 Å². The molecule has 7 nitrogen and oxygen atoms in total. The molecule has 1 heterocycles. The summed E-state index contributed by atoms with van der Waals surface area (Å²) in [4.78, 5) is 22.9. The van der Waals surface area contributed by atoms with Gasteiger partial charge in [0.15, 0.2) is 0 Å². The standard InChI is InChI=1S/C11H16N2O5S2/c1-11(2,13-20(3,17)18)6-12-9(14)7-4-5-8(19-7)10(15)16/h4-5,13H,6H2,1-3H3,(H,12,14)(H,15,16). The summed E-state index contributed by atoms with van der Waals surface area (Å²) in [7, 11) is -3.38. The highest BCUT2D eigenvalue weighted by molar-refractivity contribution is 7.88. The van der Waals surface area contributed by atoms with Gasteiger partial charge < -0.3 is 10.4 Å². The molecule has 0 saturated carbocycles. The summed E-state index contributed by atoms with van der Waals surface area (Å²) in [6, 6.07) is 2.77. The number of aromatic carboxylic acids is 1. The second-order valence-corrected chi connectivity index (χ2v) is 7.74. The van der Waals surface area contributed by atoms with E-state index >= 15 is 0 Å². The molecule has 0 atom stereocenters. The van der Waals surface area contributed by atoms with Gasteiger partial charge in [-0.25, -0.2) is 17.9 Å². The Morgan fingerprint density at radius 2 is 1.85 bits per heavy atom. The second-order valence-electron chi connectivity index (χ2n) is 4.91. The molecule has 0 aliphatic rings. The minimum absolute atomic E-state index is 0.0728. The summed E-state index contributed by atoms with van der Waals surface area (Å²) in [6.07, 6.45) is 1.04. The molecule has 112 valence electrons. The first-order chi connectivity index (χ1) is 9.00. The van der Waals surface area contributed by atoms with Gasteiger partial charge in [-0.2, -0.15) is 0 Å². The Kier molecular flexibility index (Phi) is 4.90. The van der Waals surface area contributed by atoms with Crippen molar-refractivity contribution in [2.24, 2.45) is 0 Å². The maximum absolute atomic E-state index is 11.8. The van der Waals surface area contributed by atoms with Crippen molar-refractivity contribution in [2.45, 2.75) is 19.4 Å². The van der Waals surface area contributed by atoms with Crippen LogP contribution in [-0.2, 0) is 10.0 Å².